The molecule has 0 aliphatic carbocycles. The number of benzene rings is 2. The molecule has 0 atom stereocenters. The Bertz CT molecular complexity index is 689. The van der Waals surface area contributed by atoms with Crippen LogP contribution in [0.2, 0.25) is 5.02 Å². The average Bonchev–Trinajstić information content (AvgIpc) is 2.37. The van der Waals surface area contributed by atoms with Crippen molar-refractivity contribution in [3.8, 4) is 0 Å². The van der Waals surface area contributed by atoms with Gasteiger partial charge in [-0.1, -0.05) is 35.9 Å². The highest BCUT2D eigenvalue weighted by molar-refractivity contribution is 7.89. The highest BCUT2D eigenvalue weighted by Crippen LogP contribution is 2.15. The van der Waals surface area contributed by atoms with Crippen LogP contribution in [0.4, 0.5) is 4.39 Å². The van der Waals surface area contributed by atoms with Crippen LogP contribution in [-0.4, -0.2) is 8.42 Å². The minimum Gasteiger partial charge on any atom is -0.207 e. The van der Waals surface area contributed by atoms with E-state index in [1.165, 1.54) is 18.2 Å². The molecule has 0 radical (unpaired) electrons. The van der Waals surface area contributed by atoms with Crippen molar-refractivity contribution in [2.45, 2.75) is 11.4 Å². The second-order valence-electron chi connectivity index (χ2n) is 3.88. The van der Waals surface area contributed by atoms with E-state index < -0.39 is 15.8 Å². The summed E-state index contributed by atoms with van der Waals surface area (Å²) in [4.78, 5) is -0.364. The van der Waals surface area contributed by atoms with Crippen LogP contribution in [0.1, 0.15) is 5.56 Å². The molecule has 100 valence electrons. The van der Waals surface area contributed by atoms with Crippen molar-refractivity contribution >= 4 is 21.6 Å². The molecule has 19 heavy (non-hydrogen) atoms. The minimum atomic E-state index is -3.87. The number of rotatable bonds is 4. The number of hydrogen-bond acceptors (Lipinski definition) is 2. The minimum absolute atomic E-state index is 0.0528. The zero-order valence-corrected chi connectivity index (χ0v) is 11.4. The van der Waals surface area contributed by atoms with Crippen LogP contribution >= 0.6 is 11.6 Å². The molecule has 0 aromatic heterocycles. The first-order chi connectivity index (χ1) is 8.99. The fraction of sp³-hybridized carbons (Fsp3) is 0.0769. The zero-order valence-electron chi connectivity index (χ0n) is 9.81. The summed E-state index contributed by atoms with van der Waals surface area (Å²) in [5.74, 6) is -0.777. The Labute approximate surface area is 116 Å². The van der Waals surface area contributed by atoms with Gasteiger partial charge in [0.05, 0.1) is 0 Å². The van der Waals surface area contributed by atoms with E-state index in [0.29, 0.717) is 10.6 Å². The summed E-state index contributed by atoms with van der Waals surface area (Å²) in [5, 5.41) is 0.516. The van der Waals surface area contributed by atoms with E-state index in [9.17, 15) is 12.8 Å². The second-order valence-corrected chi connectivity index (χ2v) is 6.06. The van der Waals surface area contributed by atoms with Gasteiger partial charge < -0.3 is 0 Å². The lowest BCUT2D eigenvalue weighted by Crippen LogP contribution is -2.24. The molecule has 0 fully saturated rings. The highest BCUT2D eigenvalue weighted by Gasteiger charge is 2.17. The normalized spacial score (nSPS) is 11.5. The van der Waals surface area contributed by atoms with E-state index in [1.54, 1.807) is 24.3 Å². The SMILES string of the molecule is O=S(=O)(NCc1cccc(Cl)c1)c1ccccc1F. The molecule has 0 aliphatic heterocycles. The third-order valence-electron chi connectivity index (χ3n) is 2.48. The van der Waals surface area contributed by atoms with Crippen LogP contribution < -0.4 is 4.72 Å². The molecule has 2 rings (SSSR count). The molecule has 0 saturated heterocycles. The Kier molecular flexibility index (Phi) is 4.19. The molecular weight excluding hydrogens is 289 g/mol. The van der Waals surface area contributed by atoms with Crippen molar-refractivity contribution in [3.05, 3.63) is 64.9 Å². The Balaban J connectivity index is 2.17. The van der Waals surface area contributed by atoms with Crippen molar-refractivity contribution in [3.63, 3.8) is 0 Å². The lowest BCUT2D eigenvalue weighted by molar-refractivity contribution is 0.557. The quantitative estimate of drug-likeness (QED) is 0.943. The summed E-state index contributed by atoms with van der Waals surface area (Å²) in [5.41, 5.74) is 0.701. The molecular formula is C13H11ClFNO2S. The Hall–Kier alpha value is -1.43. The molecule has 6 heteroatoms. The van der Waals surface area contributed by atoms with Crippen LogP contribution in [0.5, 0.6) is 0 Å². The maximum absolute atomic E-state index is 13.4. The largest absolute Gasteiger partial charge is 0.243 e. The summed E-state index contributed by atoms with van der Waals surface area (Å²) in [7, 11) is -3.87. The van der Waals surface area contributed by atoms with Crippen molar-refractivity contribution < 1.29 is 12.8 Å². The van der Waals surface area contributed by atoms with Gasteiger partial charge in [0.15, 0.2) is 0 Å². The molecule has 1 N–H and O–H groups in total. The van der Waals surface area contributed by atoms with E-state index in [2.05, 4.69) is 4.72 Å². The summed E-state index contributed by atoms with van der Waals surface area (Å²) in [6.45, 7) is 0.0528. The molecule has 0 bridgehead atoms. The summed E-state index contributed by atoms with van der Waals surface area (Å²) < 4.78 is 39.6. The Morgan fingerprint density at radius 1 is 1.11 bits per heavy atom. The first-order valence-electron chi connectivity index (χ1n) is 5.48. The van der Waals surface area contributed by atoms with Crippen molar-refractivity contribution in [1.82, 2.24) is 4.72 Å². The lowest BCUT2D eigenvalue weighted by Gasteiger charge is -2.07. The number of sulfonamides is 1. The van der Waals surface area contributed by atoms with E-state index in [-0.39, 0.29) is 11.4 Å². The van der Waals surface area contributed by atoms with Gasteiger partial charge in [-0.3, -0.25) is 0 Å². The standard InChI is InChI=1S/C13H11ClFNO2S/c14-11-5-3-4-10(8-11)9-16-19(17,18)13-7-2-1-6-12(13)15/h1-8,16H,9H2. The Morgan fingerprint density at radius 3 is 2.53 bits per heavy atom. The molecule has 3 nitrogen and oxygen atoms in total. The molecule has 0 amide bonds. The van der Waals surface area contributed by atoms with Gasteiger partial charge >= 0.3 is 0 Å². The van der Waals surface area contributed by atoms with E-state index in [4.69, 9.17) is 11.6 Å². The number of nitrogens with one attached hydrogen (secondary N) is 1. The monoisotopic (exact) mass is 299 g/mol. The molecule has 2 aromatic rings. The predicted molar refractivity (Wildman–Crippen MR) is 71.9 cm³/mol. The number of hydrogen-bond donors (Lipinski definition) is 1. The molecule has 0 spiro atoms. The van der Waals surface area contributed by atoms with Gasteiger partial charge in [-0.2, -0.15) is 0 Å². The highest BCUT2D eigenvalue weighted by atomic mass is 35.5. The number of halogens is 2. The van der Waals surface area contributed by atoms with E-state index in [0.717, 1.165) is 6.07 Å². The van der Waals surface area contributed by atoms with Crippen LogP contribution in [0.25, 0.3) is 0 Å². The van der Waals surface area contributed by atoms with Crippen LogP contribution in [0.15, 0.2) is 53.4 Å². The van der Waals surface area contributed by atoms with Crippen LogP contribution in [0, 0.1) is 5.82 Å². The van der Waals surface area contributed by atoms with E-state index >= 15 is 0 Å². The molecule has 0 saturated carbocycles. The summed E-state index contributed by atoms with van der Waals surface area (Å²) in [6.07, 6.45) is 0. The van der Waals surface area contributed by atoms with Crippen molar-refractivity contribution in [2.24, 2.45) is 0 Å². The Morgan fingerprint density at radius 2 is 1.84 bits per heavy atom. The van der Waals surface area contributed by atoms with Crippen molar-refractivity contribution in [1.29, 1.82) is 0 Å². The van der Waals surface area contributed by atoms with Gasteiger partial charge in [0.25, 0.3) is 0 Å². The smallest absolute Gasteiger partial charge is 0.207 e. The summed E-state index contributed by atoms with van der Waals surface area (Å²) >= 11 is 5.80. The molecule has 0 heterocycles. The fourth-order valence-corrected chi connectivity index (χ4v) is 2.87. The fourth-order valence-electron chi connectivity index (χ4n) is 1.57. The van der Waals surface area contributed by atoms with Crippen LogP contribution in [0.3, 0.4) is 0 Å². The maximum Gasteiger partial charge on any atom is 0.243 e. The van der Waals surface area contributed by atoms with Crippen LogP contribution in [-0.2, 0) is 16.6 Å². The van der Waals surface area contributed by atoms with Gasteiger partial charge in [-0.15, -0.1) is 0 Å². The third-order valence-corrected chi connectivity index (χ3v) is 4.15. The first kappa shape index (κ1) is 14.0. The molecule has 0 aliphatic rings. The van der Waals surface area contributed by atoms with Gasteiger partial charge in [-0.25, -0.2) is 17.5 Å². The van der Waals surface area contributed by atoms with Gasteiger partial charge in [0.2, 0.25) is 10.0 Å². The molecule has 0 unspecified atom stereocenters. The maximum atomic E-state index is 13.4. The molecule has 2 aromatic carbocycles. The second kappa shape index (κ2) is 5.69. The van der Waals surface area contributed by atoms with Gasteiger partial charge in [-0.05, 0) is 29.8 Å². The zero-order chi connectivity index (χ0) is 13.9. The van der Waals surface area contributed by atoms with E-state index in [1.807, 2.05) is 0 Å². The topological polar surface area (TPSA) is 46.2 Å². The van der Waals surface area contributed by atoms with Gasteiger partial charge in [0, 0.05) is 11.6 Å². The third kappa shape index (κ3) is 3.53. The lowest BCUT2D eigenvalue weighted by atomic mass is 10.2. The summed E-state index contributed by atoms with van der Waals surface area (Å²) in [6, 6.07) is 12.0. The predicted octanol–water partition coefficient (Wildman–Crippen LogP) is 2.96. The van der Waals surface area contributed by atoms with Gasteiger partial charge in [0.1, 0.15) is 10.7 Å². The average molecular weight is 300 g/mol. The van der Waals surface area contributed by atoms with Crippen molar-refractivity contribution in [2.75, 3.05) is 0 Å². The first-order valence-corrected chi connectivity index (χ1v) is 7.34.